The lowest BCUT2D eigenvalue weighted by Gasteiger charge is -2.19. The molecule has 0 amide bonds. The molecule has 3 nitrogen and oxygen atoms in total. The second-order valence-electron chi connectivity index (χ2n) is 3.76. The van der Waals surface area contributed by atoms with Crippen LogP contribution in [0.1, 0.15) is 19.8 Å². The molecule has 0 bridgehead atoms. The van der Waals surface area contributed by atoms with Crippen molar-refractivity contribution < 1.29 is 5.11 Å². The van der Waals surface area contributed by atoms with E-state index in [1.807, 2.05) is 0 Å². The normalized spacial score (nSPS) is 31.2. The van der Waals surface area contributed by atoms with Crippen molar-refractivity contribution in [2.45, 2.75) is 25.8 Å². The Balaban J connectivity index is 2.25. The van der Waals surface area contributed by atoms with Crippen LogP contribution in [-0.4, -0.2) is 42.3 Å². The van der Waals surface area contributed by atoms with Gasteiger partial charge in [-0.1, -0.05) is 0 Å². The van der Waals surface area contributed by atoms with Gasteiger partial charge in [-0.2, -0.15) is 0 Å². The molecule has 2 unspecified atom stereocenters. The lowest BCUT2D eigenvalue weighted by molar-refractivity contribution is 0.218. The summed E-state index contributed by atoms with van der Waals surface area (Å²) < 4.78 is 0. The molecule has 0 saturated carbocycles. The fraction of sp³-hybridized carbons (Fsp3) is 1.00. The molecule has 1 aliphatic rings. The first-order chi connectivity index (χ1) is 5.77. The zero-order chi connectivity index (χ0) is 8.97. The van der Waals surface area contributed by atoms with Gasteiger partial charge >= 0.3 is 0 Å². The number of rotatable bonds is 4. The van der Waals surface area contributed by atoms with E-state index in [9.17, 15) is 0 Å². The molecular weight excluding hydrogens is 152 g/mol. The quantitative estimate of drug-likeness (QED) is 0.629. The van der Waals surface area contributed by atoms with Crippen LogP contribution in [-0.2, 0) is 0 Å². The Labute approximate surface area is 74.5 Å². The minimum absolute atomic E-state index is 0.302. The van der Waals surface area contributed by atoms with Crippen molar-refractivity contribution in [3.63, 3.8) is 0 Å². The van der Waals surface area contributed by atoms with Gasteiger partial charge in [-0.15, -0.1) is 0 Å². The minimum atomic E-state index is 0.302. The predicted molar refractivity (Wildman–Crippen MR) is 49.9 cm³/mol. The van der Waals surface area contributed by atoms with Crippen LogP contribution >= 0.6 is 0 Å². The van der Waals surface area contributed by atoms with E-state index >= 15 is 0 Å². The van der Waals surface area contributed by atoms with Crippen molar-refractivity contribution in [1.29, 1.82) is 0 Å². The molecule has 0 aromatic rings. The highest BCUT2D eigenvalue weighted by Gasteiger charge is 2.26. The van der Waals surface area contributed by atoms with Crippen LogP contribution in [0.5, 0.6) is 0 Å². The Morgan fingerprint density at radius 3 is 2.83 bits per heavy atom. The molecule has 3 N–H and O–H groups in total. The molecule has 3 heteroatoms. The van der Waals surface area contributed by atoms with Crippen molar-refractivity contribution in [3.8, 4) is 0 Å². The molecule has 1 heterocycles. The number of aliphatic hydroxyl groups excluding tert-OH is 1. The number of nitrogens with zero attached hydrogens (tertiary/aromatic N) is 1. The van der Waals surface area contributed by atoms with Crippen LogP contribution < -0.4 is 5.73 Å². The van der Waals surface area contributed by atoms with E-state index in [0.717, 1.165) is 26.1 Å². The van der Waals surface area contributed by atoms with Crippen molar-refractivity contribution in [3.05, 3.63) is 0 Å². The summed E-state index contributed by atoms with van der Waals surface area (Å²) in [6.07, 6.45) is 2.11. The van der Waals surface area contributed by atoms with Gasteiger partial charge in [0.15, 0.2) is 0 Å². The Bertz CT molecular complexity index is 130. The van der Waals surface area contributed by atoms with Gasteiger partial charge in [0.2, 0.25) is 0 Å². The third-order valence-corrected chi connectivity index (χ3v) is 2.73. The third-order valence-electron chi connectivity index (χ3n) is 2.73. The smallest absolute Gasteiger partial charge is 0.0443 e. The Kier molecular flexibility index (Phi) is 3.98. The fourth-order valence-corrected chi connectivity index (χ4v) is 1.97. The summed E-state index contributed by atoms with van der Waals surface area (Å²) in [4.78, 5) is 2.42. The molecule has 0 aromatic carbocycles. The van der Waals surface area contributed by atoms with Gasteiger partial charge in [0.25, 0.3) is 0 Å². The summed E-state index contributed by atoms with van der Waals surface area (Å²) in [5, 5.41) is 8.68. The zero-order valence-corrected chi connectivity index (χ0v) is 7.87. The van der Waals surface area contributed by atoms with Crippen molar-refractivity contribution in [1.82, 2.24) is 4.90 Å². The summed E-state index contributed by atoms with van der Waals surface area (Å²) in [7, 11) is 0. The maximum Gasteiger partial charge on any atom is 0.0443 e. The molecule has 0 aromatic heterocycles. The van der Waals surface area contributed by atoms with Crippen LogP contribution in [0.3, 0.4) is 0 Å². The first-order valence-electron chi connectivity index (χ1n) is 4.83. The molecule has 1 fully saturated rings. The van der Waals surface area contributed by atoms with E-state index < -0.39 is 0 Å². The van der Waals surface area contributed by atoms with Crippen LogP contribution in [0.25, 0.3) is 0 Å². The molecule has 2 atom stereocenters. The predicted octanol–water partition coefficient (Wildman–Crippen LogP) is 0.0379. The largest absolute Gasteiger partial charge is 0.396 e. The average Bonchev–Trinajstić information content (AvgIpc) is 2.43. The summed E-state index contributed by atoms with van der Waals surface area (Å²) in [5.74, 6) is 0.679. The van der Waals surface area contributed by atoms with Crippen LogP contribution in [0.15, 0.2) is 0 Å². The monoisotopic (exact) mass is 172 g/mol. The summed E-state index contributed by atoms with van der Waals surface area (Å²) in [5.41, 5.74) is 5.61. The Morgan fingerprint density at radius 1 is 1.58 bits per heavy atom. The number of likely N-dealkylation sites (tertiary alicyclic amines) is 1. The lowest BCUT2D eigenvalue weighted by atomic mass is 10.1. The highest BCUT2D eigenvalue weighted by Crippen LogP contribution is 2.21. The summed E-state index contributed by atoms with van der Waals surface area (Å²) in [6.45, 7) is 5.50. The molecule has 12 heavy (non-hydrogen) atoms. The molecule has 1 saturated heterocycles. The SMILES string of the molecule is CC1CC(CN)CN1CCCO. The van der Waals surface area contributed by atoms with Gasteiger partial charge in [0.05, 0.1) is 0 Å². The van der Waals surface area contributed by atoms with Gasteiger partial charge in [-0.3, -0.25) is 0 Å². The lowest BCUT2D eigenvalue weighted by Crippen LogP contribution is -2.29. The maximum atomic E-state index is 8.68. The van der Waals surface area contributed by atoms with Gasteiger partial charge in [-0.25, -0.2) is 0 Å². The molecule has 1 aliphatic heterocycles. The van der Waals surface area contributed by atoms with E-state index in [2.05, 4.69) is 11.8 Å². The first-order valence-corrected chi connectivity index (χ1v) is 4.83. The summed E-state index contributed by atoms with van der Waals surface area (Å²) in [6, 6.07) is 0.657. The molecule has 1 rings (SSSR count). The topological polar surface area (TPSA) is 49.5 Å². The van der Waals surface area contributed by atoms with Gasteiger partial charge < -0.3 is 15.7 Å². The summed E-state index contributed by atoms with van der Waals surface area (Å²) >= 11 is 0. The van der Waals surface area contributed by atoms with Crippen LogP contribution in [0.4, 0.5) is 0 Å². The second kappa shape index (κ2) is 4.80. The number of nitrogens with two attached hydrogens (primary N) is 1. The van der Waals surface area contributed by atoms with E-state index in [1.54, 1.807) is 0 Å². The van der Waals surface area contributed by atoms with E-state index in [0.29, 0.717) is 18.6 Å². The minimum Gasteiger partial charge on any atom is -0.396 e. The Morgan fingerprint density at radius 2 is 2.33 bits per heavy atom. The van der Waals surface area contributed by atoms with Gasteiger partial charge in [0.1, 0.15) is 0 Å². The fourth-order valence-electron chi connectivity index (χ4n) is 1.97. The molecular formula is C9H20N2O. The number of hydrogen-bond acceptors (Lipinski definition) is 3. The second-order valence-corrected chi connectivity index (χ2v) is 3.76. The average molecular weight is 172 g/mol. The van der Waals surface area contributed by atoms with E-state index in [1.165, 1.54) is 6.42 Å². The molecule has 72 valence electrons. The molecule has 0 spiro atoms. The van der Waals surface area contributed by atoms with E-state index in [-0.39, 0.29) is 0 Å². The van der Waals surface area contributed by atoms with Crippen molar-refractivity contribution in [2.24, 2.45) is 11.7 Å². The highest BCUT2D eigenvalue weighted by atomic mass is 16.3. The molecule has 0 radical (unpaired) electrons. The number of hydrogen-bond donors (Lipinski definition) is 2. The van der Waals surface area contributed by atoms with Crippen molar-refractivity contribution in [2.75, 3.05) is 26.2 Å². The maximum absolute atomic E-state index is 8.68. The van der Waals surface area contributed by atoms with Gasteiger partial charge in [-0.05, 0) is 32.2 Å². The van der Waals surface area contributed by atoms with E-state index in [4.69, 9.17) is 10.8 Å². The van der Waals surface area contributed by atoms with Crippen molar-refractivity contribution >= 4 is 0 Å². The van der Waals surface area contributed by atoms with Gasteiger partial charge in [0, 0.05) is 25.7 Å². The zero-order valence-electron chi connectivity index (χ0n) is 7.87. The third kappa shape index (κ3) is 2.44. The standard InChI is InChI=1S/C9H20N2O/c1-8-5-9(6-10)7-11(8)3-2-4-12/h8-9,12H,2-7,10H2,1H3. The molecule has 0 aliphatic carbocycles. The number of aliphatic hydroxyl groups is 1. The van der Waals surface area contributed by atoms with Crippen LogP contribution in [0, 0.1) is 5.92 Å². The highest BCUT2D eigenvalue weighted by molar-refractivity contribution is 4.82. The Hall–Kier alpha value is -0.120. The first kappa shape index (κ1) is 9.96. The van der Waals surface area contributed by atoms with Crippen LogP contribution in [0.2, 0.25) is 0 Å².